The van der Waals surface area contributed by atoms with Crippen LogP contribution in [0.1, 0.15) is 24.1 Å². The summed E-state index contributed by atoms with van der Waals surface area (Å²) in [5.41, 5.74) is 1.85. The second-order valence-electron chi connectivity index (χ2n) is 6.85. The number of carbonyl (C=O) groups excluding carboxylic acids is 2. The van der Waals surface area contributed by atoms with Crippen molar-refractivity contribution in [2.75, 3.05) is 0 Å². The molecule has 4 atom stereocenters. The van der Waals surface area contributed by atoms with E-state index in [1.807, 2.05) is 67.6 Å². The first-order valence-electron chi connectivity index (χ1n) is 9.14. The van der Waals surface area contributed by atoms with Gasteiger partial charge in [-0.15, -0.1) is 0 Å². The van der Waals surface area contributed by atoms with Gasteiger partial charge in [0.15, 0.2) is 0 Å². The zero-order chi connectivity index (χ0) is 20.1. The van der Waals surface area contributed by atoms with Crippen molar-refractivity contribution in [3.63, 3.8) is 0 Å². The van der Waals surface area contributed by atoms with E-state index < -0.39 is 30.0 Å². The summed E-state index contributed by atoms with van der Waals surface area (Å²) >= 11 is 0. The molecule has 1 aliphatic rings. The zero-order valence-electron chi connectivity index (χ0n) is 15.5. The molecule has 29 heavy (non-hydrogen) atoms. The number of benzene rings is 2. The molecule has 0 saturated carbocycles. The van der Waals surface area contributed by atoms with Crippen molar-refractivity contribution in [1.29, 1.82) is 0 Å². The number of carbonyl (C=O) groups is 3. The van der Waals surface area contributed by atoms with Gasteiger partial charge in [-0.3, -0.25) is 19.7 Å². The number of carboxylic acids is 1. The molecule has 2 aromatic carbocycles. The van der Waals surface area contributed by atoms with Gasteiger partial charge >= 0.3 is 35.5 Å². The molecule has 0 aromatic heterocycles. The second kappa shape index (κ2) is 10.5. The standard InChI is InChI=1S/C21H23N3O4.Na.H/c1-13(15-10-6-3-7-11-15)22-19(25)16(12-14-8-4-2-5-9-14)23-20(26)17-18(24-17)21(27)28;;/h2-11,13,16-18,24H,12H2,1H3,(H,22,25)(H,23,26)(H,27,28);;/t13?,16-,17-,18-;;/m0../s1. The van der Waals surface area contributed by atoms with Crippen LogP contribution in [0.15, 0.2) is 60.7 Å². The van der Waals surface area contributed by atoms with E-state index in [1.54, 1.807) is 0 Å². The van der Waals surface area contributed by atoms with E-state index in [-0.39, 0.29) is 41.5 Å². The molecule has 1 heterocycles. The molecule has 4 N–H and O–H groups in total. The molecule has 7 nitrogen and oxygen atoms in total. The van der Waals surface area contributed by atoms with Crippen molar-refractivity contribution in [3.05, 3.63) is 71.8 Å². The SMILES string of the molecule is CC(NC(=O)[C@H](Cc1ccccc1)NC(=O)[C@H]1N[C@@H]1C(=O)O)c1ccccc1.[NaH]. The van der Waals surface area contributed by atoms with Gasteiger partial charge in [0.2, 0.25) is 11.8 Å². The first-order valence-corrected chi connectivity index (χ1v) is 9.14. The summed E-state index contributed by atoms with van der Waals surface area (Å²) < 4.78 is 0. The van der Waals surface area contributed by atoms with Crippen molar-refractivity contribution >= 4 is 47.3 Å². The Morgan fingerprint density at radius 3 is 2.10 bits per heavy atom. The summed E-state index contributed by atoms with van der Waals surface area (Å²) in [6, 6.07) is 16.1. The van der Waals surface area contributed by atoms with Gasteiger partial charge in [0.25, 0.3) is 0 Å². The minimum absolute atomic E-state index is 0. The van der Waals surface area contributed by atoms with Crippen LogP contribution < -0.4 is 16.0 Å². The van der Waals surface area contributed by atoms with Gasteiger partial charge in [0, 0.05) is 6.42 Å². The van der Waals surface area contributed by atoms with Crippen LogP contribution in [0.5, 0.6) is 0 Å². The number of amides is 2. The predicted octanol–water partition coefficient (Wildman–Crippen LogP) is 0.368. The quantitative estimate of drug-likeness (QED) is 0.374. The van der Waals surface area contributed by atoms with Gasteiger partial charge in [-0.25, -0.2) is 0 Å². The molecule has 0 bridgehead atoms. The van der Waals surface area contributed by atoms with Crippen molar-refractivity contribution in [2.24, 2.45) is 0 Å². The van der Waals surface area contributed by atoms with Crippen molar-refractivity contribution in [2.45, 2.75) is 37.5 Å². The van der Waals surface area contributed by atoms with Crippen LogP contribution in [0.3, 0.4) is 0 Å². The van der Waals surface area contributed by atoms with Gasteiger partial charge < -0.3 is 15.7 Å². The molecule has 1 fully saturated rings. The van der Waals surface area contributed by atoms with E-state index in [4.69, 9.17) is 5.11 Å². The van der Waals surface area contributed by atoms with E-state index in [9.17, 15) is 14.4 Å². The van der Waals surface area contributed by atoms with Crippen molar-refractivity contribution in [1.82, 2.24) is 16.0 Å². The van der Waals surface area contributed by atoms with Crippen LogP contribution in [-0.2, 0) is 20.8 Å². The molecule has 1 unspecified atom stereocenters. The van der Waals surface area contributed by atoms with E-state index in [0.29, 0.717) is 6.42 Å². The van der Waals surface area contributed by atoms with Gasteiger partial charge in [-0.2, -0.15) is 0 Å². The molecule has 8 heteroatoms. The Hall–Kier alpha value is -2.19. The summed E-state index contributed by atoms with van der Waals surface area (Å²) in [6.45, 7) is 1.87. The topological polar surface area (TPSA) is 117 Å². The fourth-order valence-electron chi connectivity index (χ4n) is 3.04. The van der Waals surface area contributed by atoms with Crippen LogP contribution in [0.25, 0.3) is 0 Å². The van der Waals surface area contributed by atoms with Crippen LogP contribution in [0.2, 0.25) is 0 Å². The first kappa shape index (κ1) is 23.1. The van der Waals surface area contributed by atoms with Crippen LogP contribution >= 0.6 is 0 Å². The molecular formula is C21H24N3NaO4. The van der Waals surface area contributed by atoms with E-state index in [2.05, 4.69) is 16.0 Å². The Bertz CT molecular complexity index is 848. The fraction of sp³-hybridized carbons (Fsp3) is 0.286. The van der Waals surface area contributed by atoms with Crippen LogP contribution in [0.4, 0.5) is 0 Å². The normalized spacial score (nSPS) is 19.2. The third-order valence-electron chi connectivity index (χ3n) is 4.71. The van der Waals surface area contributed by atoms with Gasteiger partial charge in [-0.05, 0) is 18.1 Å². The molecule has 1 aliphatic heterocycles. The molecule has 3 rings (SSSR count). The Morgan fingerprint density at radius 2 is 1.55 bits per heavy atom. The first-order chi connectivity index (χ1) is 13.5. The fourth-order valence-corrected chi connectivity index (χ4v) is 3.04. The summed E-state index contributed by atoms with van der Waals surface area (Å²) in [7, 11) is 0. The number of nitrogens with one attached hydrogen (secondary N) is 3. The van der Waals surface area contributed by atoms with E-state index >= 15 is 0 Å². The molecule has 0 radical (unpaired) electrons. The summed E-state index contributed by atoms with van der Waals surface area (Å²) in [5.74, 6) is -1.89. The van der Waals surface area contributed by atoms with Gasteiger partial charge in [-0.1, -0.05) is 60.7 Å². The predicted molar refractivity (Wildman–Crippen MR) is 111 cm³/mol. The van der Waals surface area contributed by atoms with Crippen LogP contribution in [-0.4, -0.2) is 70.6 Å². The second-order valence-corrected chi connectivity index (χ2v) is 6.85. The third-order valence-corrected chi connectivity index (χ3v) is 4.71. The van der Waals surface area contributed by atoms with E-state index in [1.165, 1.54) is 0 Å². The zero-order valence-corrected chi connectivity index (χ0v) is 15.5. The Kier molecular flexibility index (Phi) is 8.40. The average Bonchev–Trinajstić information content (AvgIpc) is 3.50. The molecule has 2 aromatic rings. The number of aliphatic carboxylic acids is 1. The van der Waals surface area contributed by atoms with Gasteiger partial charge in [0.1, 0.15) is 18.1 Å². The Balaban J connectivity index is 0.00000300. The molecule has 0 aliphatic carbocycles. The molecule has 2 amide bonds. The molecular weight excluding hydrogens is 381 g/mol. The summed E-state index contributed by atoms with van der Waals surface area (Å²) in [6.07, 6.45) is 0.310. The number of hydrogen-bond donors (Lipinski definition) is 4. The maximum absolute atomic E-state index is 12.9. The molecule has 148 valence electrons. The van der Waals surface area contributed by atoms with Crippen molar-refractivity contribution in [3.8, 4) is 0 Å². The average molecular weight is 405 g/mol. The number of rotatable bonds is 8. The minimum atomic E-state index is -1.08. The van der Waals surface area contributed by atoms with E-state index in [0.717, 1.165) is 11.1 Å². The summed E-state index contributed by atoms with van der Waals surface area (Å²) in [5, 5.41) is 17.2. The monoisotopic (exact) mass is 405 g/mol. The summed E-state index contributed by atoms with van der Waals surface area (Å²) in [4.78, 5) is 36.2. The number of carboxylic acid groups (broad SMARTS) is 1. The van der Waals surface area contributed by atoms with Crippen LogP contribution in [0, 0.1) is 0 Å². The Labute approximate surface area is 191 Å². The number of hydrogen-bond acceptors (Lipinski definition) is 4. The third kappa shape index (κ3) is 6.40. The molecule has 1 saturated heterocycles. The van der Waals surface area contributed by atoms with Gasteiger partial charge in [0.05, 0.1) is 6.04 Å². The maximum atomic E-state index is 12.9. The Morgan fingerprint density at radius 1 is 0.966 bits per heavy atom. The van der Waals surface area contributed by atoms with Crippen molar-refractivity contribution < 1.29 is 19.5 Å². The molecule has 0 spiro atoms.